The van der Waals surface area contributed by atoms with Gasteiger partial charge in [0, 0.05) is 18.4 Å². The third-order valence-electron chi connectivity index (χ3n) is 3.25. The minimum absolute atomic E-state index is 0.136. The highest BCUT2D eigenvalue weighted by Crippen LogP contribution is 2.10. The quantitative estimate of drug-likeness (QED) is 0.865. The van der Waals surface area contributed by atoms with E-state index in [1.807, 2.05) is 26.8 Å². The van der Waals surface area contributed by atoms with Crippen LogP contribution in [0.3, 0.4) is 0 Å². The SMILES string of the molecule is Cc1cc(C)n(-c2ccc(C(=O)NCC(C)CN)cn2)n1. The topological polar surface area (TPSA) is 85.8 Å². The highest BCUT2D eigenvalue weighted by Gasteiger charge is 2.09. The van der Waals surface area contributed by atoms with Crippen molar-refractivity contribution in [3.63, 3.8) is 0 Å². The smallest absolute Gasteiger partial charge is 0.252 e. The Labute approximate surface area is 124 Å². The molecule has 1 unspecified atom stereocenters. The Hall–Kier alpha value is -2.21. The molecule has 0 saturated heterocycles. The summed E-state index contributed by atoms with van der Waals surface area (Å²) in [4.78, 5) is 16.3. The minimum Gasteiger partial charge on any atom is -0.352 e. The first-order valence-electron chi connectivity index (χ1n) is 6.99. The zero-order valence-electron chi connectivity index (χ0n) is 12.6. The van der Waals surface area contributed by atoms with Gasteiger partial charge in [-0.1, -0.05) is 6.92 Å². The molecule has 2 aromatic heterocycles. The molecule has 3 N–H and O–H groups in total. The molecule has 0 aliphatic heterocycles. The molecule has 21 heavy (non-hydrogen) atoms. The van der Waals surface area contributed by atoms with Gasteiger partial charge in [0.1, 0.15) is 0 Å². The van der Waals surface area contributed by atoms with Gasteiger partial charge >= 0.3 is 0 Å². The monoisotopic (exact) mass is 287 g/mol. The molecule has 0 bridgehead atoms. The summed E-state index contributed by atoms with van der Waals surface area (Å²) in [6, 6.07) is 5.53. The van der Waals surface area contributed by atoms with Crippen LogP contribution in [0.15, 0.2) is 24.4 Å². The summed E-state index contributed by atoms with van der Waals surface area (Å²) in [7, 11) is 0. The van der Waals surface area contributed by atoms with Gasteiger partial charge in [-0.25, -0.2) is 9.67 Å². The van der Waals surface area contributed by atoms with Crippen LogP contribution >= 0.6 is 0 Å². The van der Waals surface area contributed by atoms with Crippen LogP contribution in [0.1, 0.15) is 28.7 Å². The van der Waals surface area contributed by atoms with Crippen LogP contribution in [-0.4, -0.2) is 33.8 Å². The minimum atomic E-state index is -0.136. The van der Waals surface area contributed by atoms with Crippen molar-refractivity contribution in [2.24, 2.45) is 11.7 Å². The molecule has 6 nitrogen and oxygen atoms in total. The lowest BCUT2D eigenvalue weighted by Gasteiger charge is -2.10. The van der Waals surface area contributed by atoms with Gasteiger partial charge < -0.3 is 11.1 Å². The standard InChI is InChI=1S/C15H21N5O/c1-10(7-16)8-18-15(21)13-4-5-14(17-9-13)20-12(3)6-11(2)19-20/h4-6,9-10H,7-8,16H2,1-3H3,(H,18,21). The van der Waals surface area contributed by atoms with Crippen LogP contribution in [0.5, 0.6) is 0 Å². The number of rotatable bonds is 5. The molecule has 2 aromatic rings. The molecule has 0 spiro atoms. The lowest BCUT2D eigenvalue weighted by molar-refractivity contribution is 0.0948. The van der Waals surface area contributed by atoms with Crippen LogP contribution < -0.4 is 11.1 Å². The molecular formula is C15H21N5O. The summed E-state index contributed by atoms with van der Waals surface area (Å²) in [5.74, 6) is 0.825. The van der Waals surface area contributed by atoms with E-state index in [0.29, 0.717) is 24.5 Å². The van der Waals surface area contributed by atoms with E-state index in [4.69, 9.17) is 5.73 Å². The van der Waals surface area contributed by atoms with Crippen molar-refractivity contribution >= 4 is 5.91 Å². The second-order valence-electron chi connectivity index (χ2n) is 5.29. The largest absolute Gasteiger partial charge is 0.352 e. The average molecular weight is 287 g/mol. The van der Waals surface area contributed by atoms with Crippen molar-refractivity contribution in [2.75, 3.05) is 13.1 Å². The molecule has 0 aliphatic rings. The van der Waals surface area contributed by atoms with Crippen LogP contribution in [-0.2, 0) is 0 Å². The van der Waals surface area contributed by atoms with E-state index in [1.54, 1.807) is 23.0 Å². The summed E-state index contributed by atoms with van der Waals surface area (Å²) in [5, 5.41) is 7.21. The first kappa shape index (κ1) is 15.2. The van der Waals surface area contributed by atoms with Crippen molar-refractivity contribution in [1.29, 1.82) is 0 Å². The number of nitrogens with two attached hydrogens (primary N) is 1. The van der Waals surface area contributed by atoms with Gasteiger partial charge in [-0.2, -0.15) is 5.10 Å². The summed E-state index contributed by atoms with van der Waals surface area (Å²) in [5.41, 5.74) is 8.00. The van der Waals surface area contributed by atoms with Crippen LogP contribution in [0.4, 0.5) is 0 Å². The van der Waals surface area contributed by atoms with Gasteiger partial charge in [0.05, 0.1) is 11.3 Å². The van der Waals surface area contributed by atoms with E-state index in [-0.39, 0.29) is 11.8 Å². The zero-order valence-corrected chi connectivity index (χ0v) is 12.6. The van der Waals surface area contributed by atoms with Crippen LogP contribution in [0, 0.1) is 19.8 Å². The molecule has 1 atom stereocenters. The fourth-order valence-corrected chi connectivity index (χ4v) is 1.96. The second-order valence-corrected chi connectivity index (χ2v) is 5.29. The predicted octanol–water partition coefficient (Wildman–Crippen LogP) is 1.21. The van der Waals surface area contributed by atoms with E-state index in [9.17, 15) is 4.79 Å². The van der Waals surface area contributed by atoms with Crippen molar-refractivity contribution < 1.29 is 4.79 Å². The van der Waals surface area contributed by atoms with Gasteiger partial charge in [0.2, 0.25) is 0 Å². The van der Waals surface area contributed by atoms with Crippen molar-refractivity contribution in [2.45, 2.75) is 20.8 Å². The number of carbonyl (C=O) groups is 1. The van der Waals surface area contributed by atoms with E-state index in [2.05, 4.69) is 15.4 Å². The second kappa shape index (κ2) is 6.49. The van der Waals surface area contributed by atoms with Crippen molar-refractivity contribution in [3.05, 3.63) is 41.3 Å². The number of carbonyl (C=O) groups excluding carboxylic acids is 1. The number of amides is 1. The molecule has 0 radical (unpaired) electrons. The summed E-state index contributed by atoms with van der Waals surface area (Å²) in [6.07, 6.45) is 1.56. The third kappa shape index (κ3) is 3.66. The maximum absolute atomic E-state index is 12.0. The Kier molecular flexibility index (Phi) is 4.70. The van der Waals surface area contributed by atoms with E-state index in [1.165, 1.54) is 0 Å². The number of hydrogen-bond acceptors (Lipinski definition) is 4. The van der Waals surface area contributed by atoms with Crippen molar-refractivity contribution in [3.8, 4) is 5.82 Å². The maximum atomic E-state index is 12.0. The average Bonchev–Trinajstić information content (AvgIpc) is 2.83. The van der Waals surface area contributed by atoms with Crippen molar-refractivity contribution in [1.82, 2.24) is 20.1 Å². The molecule has 112 valence electrons. The number of aromatic nitrogens is 3. The lowest BCUT2D eigenvalue weighted by atomic mass is 10.2. The van der Waals surface area contributed by atoms with Gasteiger partial charge in [-0.3, -0.25) is 4.79 Å². The first-order chi connectivity index (χ1) is 10.0. The Morgan fingerprint density at radius 3 is 2.71 bits per heavy atom. The molecule has 2 rings (SSSR count). The van der Waals surface area contributed by atoms with Gasteiger partial charge in [0.25, 0.3) is 5.91 Å². The van der Waals surface area contributed by atoms with Crippen LogP contribution in [0.25, 0.3) is 5.82 Å². The Morgan fingerprint density at radius 1 is 1.43 bits per heavy atom. The fourth-order valence-electron chi connectivity index (χ4n) is 1.96. The molecule has 0 fully saturated rings. The third-order valence-corrected chi connectivity index (χ3v) is 3.25. The Morgan fingerprint density at radius 2 is 2.19 bits per heavy atom. The summed E-state index contributed by atoms with van der Waals surface area (Å²) in [6.45, 7) is 7.01. The van der Waals surface area contributed by atoms with Gasteiger partial charge in [0.15, 0.2) is 5.82 Å². The Balaban J connectivity index is 2.08. The first-order valence-corrected chi connectivity index (χ1v) is 6.99. The molecular weight excluding hydrogens is 266 g/mol. The normalized spacial score (nSPS) is 12.2. The van der Waals surface area contributed by atoms with E-state index in [0.717, 1.165) is 11.4 Å². The number of hydrogen-bond donors (Lipinski definition) is 2. The molecule has 0 aromatic carbocycles. The van der Waals surface area contributed by atoms with Gasteiger partial charge in [-0.15, -0.1) is 0 Å². The molecule has 0 saturated carbocycles. The summed E-state index contributed by atoms with van der Waals surface area (Å²) < 4.78 is 1.76. The number of nitrogens with one attached hydrogen (secondary N) is 1. The predicted molar refractivity (Wildman–Crippen MR) is 81.4 cm³/mol. The fraction of sp³-hybridized carbons (Fsp3) is 0.400. The Bertz CT molecular complexity index is 617. The van der Waals surface area contributed by atoms with Gasteiger partial charge in [-0.05, 0) is 44.5 Å². The van der Waals surface area contributed by atoms with Crippen LogP contribution in [0.2, 0.25) is 0 Å². The molecule has 2 heterocycles. The molecule has 6 heteroatoms. The number of pyridine rings is 1. The molecule has 0 aliphatic carbocycles. The lowest BCUT2D eigenvalue weighted by Crippen LogP contribution is -2.31. The molecule has 1 amide bonds. The van der Waals surface area contributed by atoms with E-state index >= 15 is 0 Å². The maximum Gasteiger partial charge on any atom is 0.252 e. The highest BCUT2D eigenvalue weighted by atomic mass is 16.1. The highest BCUT2D eigenvalue weighted by molar-refractivity contribution is 5.93. The summed E-state index contributed by atoms with van der Waals surface area (Å²) >= 11 is 0. The zero-order chi connectivity index (χ0) is 15.4. The van der Waals surface area contributed by atoms with E-state index < -0.39 is 0 Å². The number of aryl methyl sites for hydroxylation is 2. The number of nitrogens with zero attached hydrogens (tertiary/aromatic N) is 3.